The van der Waals surface area contributed by atoms with Crippen LogP contribution in [0, 0.1) is 0 Å². The van der Waals surface area contributed by atoms with Crippen LogP contribution in [0.2, 0.25) is 0 Å². The second-order valence-electron chi connectivity index (χ2n) is 3.92. The van der Waals surface area contributed by atoms with Crippen LogP contribution in [-0.4, -0.2) is 30.0 Å². The van der Waals surface area contributed by atoms with Gasteiger partial charge in [0.05, 0.1) is 11.4 Å². The minimum absolute atomic E-state index is 0.802. The Morgan fingerprint density at radius 2 is 1.88 bits per heavy atom. The van der Waals surface area contributed by atoms with E-state index < -0.39 is 0 Å². The Morgan fingerprint density at radius 3 is 2.47 bits per heavy atom. The van der Waals surface area contributed by atoms with Gasteiger partial charge in [0.25, 0.3) is 0 Å². The van der Waals surface area contributed by atoms with E-state index in [-0.39, 0.29) is 0 Å². The zero-order valence-corrected chi connectivity index (χ0v) is 10.5. The molecule has 1 aromatic rings. The van der Waals surface area contributed by atoms with Gasteiger partial charge in [-0.3, -0.25) is 9.88 Å². The Labute approximate surface area is 104 Å². The predicted molar refractivity (Wildman–Crippen MR) is 72.7 cm³/mol. The minimum atomic E-state index is 0.802. The van der Waals surface area contributed by atoms with Crippen molar-refractivity contribution in [1.82, 2.24) is 15.2 Å². The van der Waals surface area contributed by atoms with Crippen LogP contribution < -0.4 is 5.32 Å². The number of nitrogens with one attached hydrogen (secondary N) is 1. The summed E-state index contributed by atoms with van der Waals surface area (Å²) in [4.78, 5) is 6.84. The van der Waals surface area contributed by atoms with Gasteiger partial charge in [-0.25, -0.2) is 0 Å². The van der Waals surface area contributed by atoms with Gasteiger partial charge >= 0.3 is 0 Å². The SMILES string of the molecule is C=CCN(CC=C)Cc1cccc(CNC)n1. The van der Waals surface area contributed by atoms with Crippen molar-refractivity contribution in [2.45, 2.75) is 13.1 Å². The first-order chi connectivity index (χ1) is 8.30. The van der Waals surface area contributed by atoms with E-state index in [0.717, 1.165) is 37.6 Å². The van der Waals surface area contributed by atoms with Crippen LogP contribution in [0.1, 0.15) is 11.4 Å². The third kappa shape index (κ3) is 4.93. The smallest absolute Gasteiger partial charge is 0.0548 e. The fraction of sp³-hybridized carbons (Fsp3) is 0.357. The molecule has 0 aliphatic rings. The minimum Gasteiger partial charge on any atom is -0.314 e. The molecule has 1 heterocycles. The van der Waals surface area contributed by atoms with E-state index in [1.165, 1.54) is 0 Å². The summed E-state index contributed by atoms with van der Waals surface area (Å²) in [5.74, 6) is 0. The molecule has 1 N–H and O–H groups in total. The number of pyridine rings is 1. The fourth-order valence-electron chi connectivity index (χ4n) is 1.69. The molecule has 0 radical (unpaired) electrons. The second kappa shape index (κ2) is 7.76. The first-order valence-corrected chi connectivity index (χ1v) is 5.83. The zero-order valence-electron chi connectivity index (χ0n) is 10.5. The van der Waals surface area contributed by atoms with E-state index in [9.17, 15) is 0 Å². The predicted octanol–water partition coefficient (Wildman–Crippen LogP) is 1.97. The van der Waals surface area contributed by atoms with Gasteiger partial charge in [0.15, 0.2) is 0 Å². The molecule has 0 atom stereocenters. The average Bonchev–Trinajstić information content (AvgIpc) is 2.30. The van der Waals surface area contributed by atoms with Crippen LogP contribution in [0.15, 0.2) is 43.5 Å². The van der Waals surface area contributed by atoms with Gasteiger partial charge in [-0.2, -0.15) is 0 Å². The van der Waals surface area contributed by atoms with Crippen molar-refractivity contribution < 1.29 is 0 Å². The normalized spacial score (nSPS) is 10.5. The molecule has 3 heteroatoms. The first kappa shape index (κ1) is 13.6. The van der Waals surface area contributed by atoms with Crippen molar-refractivity contribution in [3.8, 4) is 0 Å². The van der Waals surface area contributed by atoms with Crippen LogP contribution >= 0.6 is 0 Å². The monoisotopic (exact) mass is 231 g/mol. The third-order valence-corrected chi connectivity index (χ3v) is 2.38. The number of hydrogen-bond donors (Lipinski definition) is 1. The standard InChI is InChI=1S/C14H21N3/c1-4-9-17(10-5-2)12-14-8-6-7-13(16-14)11-15-3/h4-8,15H,1-2,9-12H2,3H3. The molecule has 92 valence electrons. The van der Waals surface area contributed by atoms with Gasteiger partial charge in [-0.1, -0.05) is 18.2 Å². The summed E-state index contributed by atoms with van der Waals surface area (Å²) in [6.07, 6.45) is 3.81. The largest absolute Gasteiger partial charge is 0.314 e. The lowest BCUT2D eigenvalue weighted by Crippen LogP contribution is -2.24. The lowest BCUT2D eigenvalue weighted by atomic mass is 10.2. The molecule has 0 aromatic carbocycles. The summed E-state index contributed by atoms with van der Waals surface area (Å²) in [6.45, 7) is 10.9. The summed E-state index contributed by atoms with van der Waals surface area (Å²) < 4.78 is 0. The molecule has 1 aromatic heterocycles. The number of hydrogen-bond acceptors (Lipinski definition) is 3. The first-order valence-electron chi connectivity index (χ1n) is 5.83. The highest BCUT2D eigenvalue weighted by Crippen LogP contribution is 2.04. The highest BCUT2D eigenvalue weighted by atomic mass is 15.1. The van der Waals surface area contributed by atoms with Crippen molar-refractivity contribution in [3.05, 3.63) is 54.9 Å². The van der Waals surface area contributed by atoms with E-state index in [2.05, 4.69) is 40.5 Å². The Hall–Kier alpha value is -1.45. The second-order valence-corrected chi connectivity index (χ2v) is 3.92. The topological polar surface area (TPSA) is 28.2 Å². The molecule has 0 unspecified atom stereocenters. The third-order valence-electron chi connectivity index (χ3n) is 2.38. The van der Waals surface area contributed by atoms with Crippen molar-refractivity contribution >= 4 is 0 Å². The van der Waals surface area contributed by atoms with Gasteiger partial charge in [-0.15, -0.1) is 13.2 Å². The Kier molecular flexibility index (Phi) is 6.22. The molecule has 0 saturated heterocycles. The van der Waals surface area contributed by atoms with Crippen molar-refractivity contribution in [1.29, 1.82) is 0 Å². The molecule has 0 spiro atoms. The number of aromatic nitrogens is 1. The molecular weight excluding hydrogens is 210 g/mol. The highest BCUT2D eigenvalue weighted by Gasteiger charge is 2.04. The highest BCUT2D eigenvalue weighted by molar-refractivity contribution is 5.11. The Bertz CT molecular complexity index is 350. The van der Waals surface area contributed by atoms with Crippen LogP contribution in [0.4, 0.5) is 0 Å². The Balaban J connectivity index is 2.66. The van der Waals surface area contributed by atoms with Gasteiger partial charge in [0, 0.05) is 26.2 Å². The molecule has 0 aliphatic heterocycles. The van der Waals surface area contributed by atoms with Crippen molar-refractivity contribution in [3.63, 3.8) is 0 Å². The maximum atomic E-state index is 4.59. The molecule has 0 aliphatic carbocycles. The summed E-state index contributed by atoms with van der Waals surface area (Å²) >= 11 is 0. The molecule has 0 bridgehead atoms. The maximum Gasteiger partial charge on any atom is 0.0548 e. The summed E-state index contributed by atoms with van der Waals surface area (Å²) in [5.41, 5.74) is 2.16. The van der Waals surface area contributed by atoms with E-state index in [1.54, 1.807) is 0 Å². The summed E-state index contributed by atoms with van der Waals surface area (Å²) in [6, 6.07) is 6.14. The summed E-state index contributed by atoms with van der Waals surface area (Å²) in [7, 11) is 1.93. The van der Waals surface area contributed by atoms with E-state index in [4.69, 9.17) is 0 Å². The quantitative estimate of drug-likeness (QED) is 0.693. The van der Waals surface area contributed by atoms with Crippen molar-refractivity contribution in [2.75, 3.05) is 20.1 Å². The van der Waals surface area contributed by atoms with Crippen LogP contribution in [0.5, 0.6) is 0 Å². The zero-order chi connectivity index (χ0) is 12.5. The molecule has 0 saturated carbocycles. The number of rotatable bonds is 8. The van der Waals surface area contributed by atoms with E-state index >= 15 is 0 Å². The van der Waals surface area contributed by atoms with Gasteiger partial charge < -0.3 is 5.32 Å². The lowest BCUT2D eigenvalue weighted by Gasteiger charge is -2.18. The molecule has 0 amide bonds. The lowest BCUT2D eigenvalue weighted by molar-refractivity contribution is 0.323. The molecule has 1 rings (SSSR count). The summed E-state index contributed by atoms with van der Waals surface area (Å²) in [5, 5.41) is 3.11. The molecular formula is C14H21N3. The molecule has 0 fully saturated rings. The van der Waals surface area contributed by atoms with Gasteiger partial charge in [0.2, 0.25) is 0 Å². The van der Waals surface area contributed by atoms with Crippen LogP contribution in [0.25, 0.3) is 0 Å². The Morgan fingerprint density at radius 1 is 1.24 bits per heavy atom. The van der Waals surface area contributed by atoms with Gasteiger partial charge in [0.1, 0.15) is 0 Å². The fourth-order valence-corrected chi connectivity index (χ4v) is 1.69. The van der Waals surface area contributed by atoms with Gasteiger partial charge in [-0.05, 0) is 19.2 Å². The van der Waals surface area contributed by atoms with Crippen molar-refractivity contribution in [2.24, 2.45) is 0 Å². The van der Waals surface area contributed by atoms with Crippen LogP contribution in [0.3, 0.4) is 0 Å². The number of nitrogens with zero attached hydrogens (tertiary/aromatic N) is 2. The van der Waals surface area contributed by atoms with E-state index in [0.29, 0.717) is 0 Å². The molecule has 3 nitrogen and oxygen atoms in total. The average molecular weight is 231 g/mol. The van der Waals surface area contributed by atoms with Crippen LogP contribution in [-0.2, 0) is 13.1 Å². The molecule has 17 heavy (non-hydrogen) atoms. The maximum absolute atomic E-state index is 4.59. The van der Waals surface area contributed by atoms with E-state index in [1.807, 2.05) is 25.3 Å².